The summed E-state index contributed by atoms with van der Waals surface area (Å²) in [4.78, 5) is 21.6. The van der Waals surface area contributed by atoms with Crippen LogP contribution in [-0.2, 0) is 10.1 Å². The third-order valence-corrected chi connectivity index (χ3v) is 2.66. The minimum Gasteiger partial charge on any atom is -0.465 e. The van der Waals surface area contributed by atoms with Gasteiger partial charge in [-0.05, 0) is 11.6 Å². The number of benzene rings is 1. The minimum atomic E-state index is -0.796. The maximum atomic E-state index is 11.5. The first-order valence-corrected chi connectivity index (χ1v) is 5.53. The van der Waals surface area contributed by atoms with Crippen molar-refractivity contribution >= 4 is 27.6 Å². The van der Waals surface area contributed by atoms with Gasteiger partial charge in [-0.3, -0.25) is 10.1 Å². The Hall–Kier alpha value is -1.94. The summed E-state index contributed by atoms with van der Waals surface area (Å²) < 4.78 is 4.50. The Bertz CT molecular complexity index is 522. The molecular formula is C10H7BrN2O4. The smallest absolute Gasteiger partial charge is 0.345 e. The second kappa shape index (κ2) is 5.41. The largest absolute Gasteiger partial charge is 0.465 e. The van der Waals surface area contributed by atoms with Gasteiger partial charge in [0.05, 0.1) is 23.7 Å². The highest BCUT2D eigenvalue weighted by molar-refractivity contribution is 9.08. The van der Waals surface area contributed by atoms with Crippen LogP contribution in [0, 0.1) is 21.4 Å². The van der Waals surface area contributed by atoms with E-state index in [-0.39, 0.29) is 16.5 Å². The molecule has 0 aromatic heterocycles. The Labute approximate surface area is 105 Å². The van der Waals surface area contributed by atoms with Gasteiger partial charge in [-0.1, -0.05) is 15.9 Å². The number of nitrogens with zero attached hydrogens (tertiary/aromatic N) is 2. The molecule has 6 nitrogen and oxygen atoms in total. The van der Waals surface area contributed by atoms with Crippen molar-refractivity contribution in [2.75, 3.05) is 7.11 Å². The zero-order valence-electron chi connectivity index (χ0n) is 8.77. The predicted octanol–water partition coefficient (Wildman–Crippen LogP) is 2.15. The van der Waals surface area contributed by atoms with Gasteiger partial charge in [0, 0.05) is 11.4 Å². The van der Waals surface area contributed by atoms with E-state index in [2.05, 4.69) is 20.7 Å². The van der Waals surface area contributed by atoms with Crippen molar-refractivity contribution in [3.8, 4) is 6.07 Å². The Morgan fingerprint density at radius 2 is 2.29 bits per heavy atom. The van der Waals surface area contributed by atoms with E-state index in [9.17, 15) is 14.9 Å². The summed E-state index contributed by atoms with van der Waals surface area (Å²) in [6.45, 7) is 0. The van der Waals surface area contributed by atoms with Gasteiger partial charge in [0.1, 0.15) is 5.56 Å². The van der Waals surface area contributed by atoms with Crippen LogP contribution >= 0.6 is 15.9 Å². The van der Waals surface area contributed by atoms with Crippen LogP contribution in [0.25, 0.3) is 0 Å². The molecule has 88 valence electrons. The van der Waals surface area contributed by atoms with E-state index < -0.39 is 16.6 Å². The van der Waals surface area contributed by atoms with Crippen LogP contribution < -0.4 is 0 Å². The van der Waals surface area contributed by atoms with Crippen LogP contribution in [0.4, 0.5) is 5.69 Å². The fourth-order valence-corrected chi connectivity index (χ4v) is 1.78. The number of halogens is 1. The quantitative estimate of drug-likeness (QED) is 0.369. The molecule has 0 spiro atoms. The van der Waals surface area contributed by atoms with Gasteiger partial charge in [0.25, 0.3) is 5.69 Å². The lowest BCUT2D eigenvalue weighted by Gasteiger charge is -2.06. The molecule has 0 aliphatic rings. The molecule has 0 aliphatic heterocycles. The number of carbonyl (C=O) groups is 1. The molecule has 1 rings (SSSR count). The Balaban J connectivity index is 3.59. The third-order valence-electron chi connectivity index (χ3n) is 2.06. The maximum absolute atomic E-state index is 11.5. The van der Waals surface area contributed by atoms with Crippen molar-refractivity contribution in [1.82, 2.24) is 0 Å². The number of esters is 1. The first kappa shape index (κ1) is 13.1. The zero-order valence-corrected chi connectivity index (χ0v) is 10.4. The SMILES string of the molecule is COC(=O)c1c(CBr)cc(C#N)cc1[N+](=O)[O-]. The van der Waals surface area contributed by atoms with Crippen LogP contribution in [0.3, 0.4) is 0 Å². The van der Waals surface area contributed by atoms with Gasteiger partial charge in [-0.15, -0.1) is 0 Å². The second-order valence-corrected chi connectivity index (χ2v) is 3.58. The number of nitro groups is 1. The molecule has 0 radical (unpaired) electrons. The first-order valence-electron chi connectivity index (χ1n) is 4.40. The van der Waals surface area contributed by atoms with E-state index >= 15 is 0 Å². The number of nitro benzene ring substituents is 1. The normalized spacial score (nSPS) is 9.47. The molecule has 0 N–H and O–H groups in total. The second-order valence-electron chi connectivity index (χ2n) is 3.02. The molecule has 0 heterocycles. The van der Waals surface area contributed by atoms with Gasteiger partial charge >= 0.3 is 5.97 Å². The molecule has 17 heavy (non-hydrogen) atoms. The van der Waals surface area contributed by atoms with Crippen molar-refractivity contribution in [3.05, 3.63) is 38.9 Å². The Kier molecular flexibility index (Phi) is 4.17. The summed E-state index contributed by atoms with van der Waals surface area (Å²) in [5, 5.41) is 19.8. The van der Waals surface area contributed by atoms with Crippen molar-refractivity contribution in [1.29, 1.82) is 5.26 Å². The molecule has 1 aromatic rings. The average Bonchev–Trinajstić information content (AvgIpc) is 2.35. The van der Waals surface area contributed by atoms with Crippen LogP contribution in [-0.4, -0.2) is 18.0 Å². The van der Waals surface area contributed by atoms with E-state index in [0.717, 1.165) is 13.2 Å². The molecule has 0 aliphatic carbocycles. The van der Waals surface area contributed by atoms with E-state index in [4.69, 9.17) is 5.26 Å². The molecule has 0 saturated carbocycles. The van der Waals surface area contributed by atoms with Crippen molar-refractivity contribution in [3.63, 3.8) is 0 Å². The summed E-state index contributed by atoms with van der Waals surface area (Å²) in [5.41, 5.74) is -0.0832. The molecule has 0 bridgehead atoms. The summed E-state index contributed by atoms with van der Waals surface area (Å²) in [7, 11) is 1.14. The standard InChI is InChI=1S/C10H7BrN2O4/c1-17-10(14)9-7(4-11)2-6(5-12)3-8(9)13(15)16/h2-3H,4H2,1H3. The molecular weight excluding hydrogens is 292 g/mol. The molecule has 0 fully saturated rings. The number of methoxy groups -OCH3 is 1. The number of rotatable bonds is 3. The lowest BCUT2D eigenvalue weighted by Crippen LogP contribution is -2.09. The van der Waals surface area contributed by atoms with E-state index in [1.165, 1.54) is 6.07 Å². The Morgan fingerprint density at radius 3 is 2.71 bits per heavy atom. The number of carbonyl (C=O) groups excluding carboxylic acids is 1. The van der Waals surface area contributed by atoms with Crippen molar-refractivity contribution in [2.45, 2.75) is 5.33 Å². The highest BCUT2D eigenvalue weighted by Gasteiger charge is 2.25. The molecule has 7 heteroatoms. The minimum absolute atomic E-state index is 0.124. The molecule has 0 saturated heterocycles. The van der Waals surface area contributed by atoms with Crippen LogP contribution in [0.2, 0.25) is 0 Å². The van der Waals surface area contributed by atoms with E-state index in [1.807, 2.05) is 0 Å². The predicted molar refractivity (Wildman–Crippen MR) is 61.8 cm³/mol. The fourth-order valence-electron chi connectivity index (χ4n) is 1.34. The highest BCUT2D eigenvalue weighted by atomic mass is 79.9. The lowest BCUT2D eigenvalue weighted by atomic mass is 10.0. The molecule has 1 aromatic carbocycles. The van der Waals surface area contributed by atoms with Crippen molar-refractivity contribution < 1.29 is 14.5 Å². The fraction of sp³-hybridized carbons (Fsp3) is 0.200. The lowest BCUT2D eigenvalue weighted by molar-refractivity contribution is -0.385. The van der Waals surface area contributed by atoms with Gasteiger partial charge in [-0.25, -0.2) is 4.79 Å². The number of hydrogen-bond donors (Lipinski definition) is 0. The first-order chi connectivity index (χ1) is 8.04. The van der Waals surface area contributed by atoms with E-state index in [0.29, 0.717) is 5.56 Å². The molecule has 0 unspecified atom stereocenters. The summed E-state index contributed by atoms with van der Waals surface area (Å²) in [6, 6.07) is 4.27. The highest BCUT2D eigenvalue weighted by Crippen LogP contribution is 2.27. The molecule has 0 amide bonds. The summed E-state index contributed by atoms with van der Waals surface area (Å²) in [6.07, 6.45) is 0. The maximum Gasteiger partial charge on any atom is 0.345 e. The monoisotopic (exact) mass is 298 g/mol. The number of nitriles is 1. The summed E-state index contributed by atoms with van der Waals surface area (Å²) >= 11 is 3.11. The number of alkyl halides is 1. The third kappa shape index (κ3) is 2.60. The van der Waals surface area contributed by atoms with Crippen LogP contribution in [0.15, 0.2) is 12.1 Å². The van der Waals surface area contributed by atoms with Gasteiger partial charge < -0.3 is 4.74 Å². The van der Waals surface area contributed by atoms with Crippen LogP contribution in [0.5, 0.6) is 0 Å². The zero-order chi connectivity index (χ0) is 13.0. The van der Waals surface area contributed by atoms with Gasteiger partial charge in [-0.2, -0.15) is 5.26 Å². The van der Waals surface area contributed by atoms with Gasteiger partial charge in [0.2, 0.25) is 0 Å². The van der Waals surface area contributed by atoms with E-state index in [1.54, 1.807) is 6.07 Å². The van der Waals surface area contributed by atoms with Crippen LogP contribution in [0.1, 0.15) is 21.5 Å². The topological polar surface area (TPSA) is 93.2 Å². The van der Waals surface area contributed by atoms with Crippen molar-refractivity contribution in [2.24, 2.45) is 0 Å². The Morgan fingerprint density at radius 1 is 1.65 bits per heavy atom. The number of hydrogen-bond acceptors (Lipinski definition) is 5. The number of ether oxygens (including phenoxy) is 1. The van der Waals surface area contributed by atoms with Gasteiger partial charge in [0.15, 0.2) is 0 Å². The summed E-state index contributed by atoms with van der Waals surface area (Å²) in [5.74, 6) is -0.796. The molecule has 0 atom stereocenters. The average molecular weight is 299 g/mol.